The van der Waals surface area contributed by atoms with Gasteiger partial charge in [-0.3, -0.25) is 9.69 Å². The van der Waals surface area contributed by atoms with Crippen LogP contribution in [0.15, 0.2) is 24.3 Å². The fraction of sp³-hybridized carbons (Fsp3) is 0.588. The number of unbranched alkanes of at least 4 members (excludes halogenated alkanes) is 1. The molecule has 0 atom stereocenters. The van der Waals surface area contributed by atoms with E-state index in [2.05, 4.69) is 41.0 Å². The minimum absolute atomic E-state index is 0.172. The monoisotopic (exact) mass is 291 g/mol. The highest BCUT2D eigenvalue weighted by Gasteiger charge is 2.11. The van der Waals surface area contributed by atoms with Gasteiger partial charge in [0.25, 0.3) is 0 Å². The van der Waals surface area contributed by atoms with Crippen molar-refractivity contribution >= 4 is 11.6 Å². The standard InChI is InChI=1S/C17H29N3O/c1-6-7-12-19(4)14-17(21)20(5)13-15-8-10-16(11-9-15)18(2)3/h8-11H,6-7,12-14H2,1-5H3. The Morgan fingerprint density at radius 1 is 1.05 bits per heavy atom. The molecule has 0 spiro atoms. The summed E-state index contributed by atoms with van der Waals surface area (Å²) in [5, 5.41) is 0. The van der Waals surface area contributed by atoms with Crippen LogP contribution in [0.5, 0.6) is 0 Å². The molecule has 1 amide bonds. The average molecular weight is 291 g/mol. The lowest BCUT2D eigenvalue weighted by Gasteiger charge is -2.22. The molecule has 0 fully saturated rings. The number of anilines is 1. The molecular weight excluding hydrogens is 262 g/mol. The molecule has 0 bridgehead atoms. The maximum absolute atomic E-state index is 12.2. The lowest BCUT2D eigenvalue weighted by molar-refractivity contribution is -0.131. The van der Waals surface area contributed by atoms with Crippen molar-refractivity contribution in [1.82, 2.24) is 9.80 Å². The Hall–Kier alpha value is -1.55. The van der Waals surface area contributed by atoms with Crippen molar-refractivity contribution in [3.63, 3.8) is 0 Å². The summed E-state index contributed by atoms with van der Waals surface area (Å²) in [4.78, 5) is 18.1. The quantitative estimate of drug-likeness (QED) is 0.736. The van der Waals surface area contributed by atoms with E-state index in [0.29, 0.717) is 13.1 Å². The van der Waals surface area contributed by atoms with Gasteiger partial charge < -0.3 is 9.80 Å². The lowest BCUT2D eigenvalue weighted by Crippen LogP contribution is -2.36. The van der Waals surface area contributed by atoms with Crippen molar-refractivity contribution in [3.05, 3.63) is 29.8 Å². The van der Waals surface area contributed by atoms with E-state index < -0.39 is 0 Å². The summed E-state index contributed by atoms with van der Waals surface area (Å²) in [6.45, 7) is 4.30. The third-order valence-corrected chi connectivity index (χ3v) is 3.60. The first-order valence-corrected chi connectivity index (χ1v) is 7.62. The van der Waals surface area contributed by atoms with Crippen LogP contribution in [-0.2, 0) is 11.3 Å². The number of carbonyl (C=O) groups excluding carboxylic acids is 1. The van der Waals surface area contributed by atoms with Gasteiger partial charge in [-0.25, -0.2) is 0 Å². The molecule has 4 nitrogen and oxygen atoms in total. The summed E-state index contributed by atoms with van der Waals surface area (Å²) in [5.41, 5.74) is 2.33. The summed E-state index contributed by atoms with van der Waals surface area (Å²) in [6, 6.07) is 8.34. The van der Waals surface area contributed by atoms with Crippen LogP contribution in [0.2, 0.25) is 0 Å². The lowest BCUT2D eigenvalue weighted by atomic mass is 10.2. The van der Waals surface area contributed by atoms with E-state index in [1.807, 2.05) is 28.2 Å². The molecule has 1 rings (SSSR count). The second-order valence-corrected chi connectivity index (χ2v) is 5.90. The van der Waals surface area contributed by atoms with Gasteiger partial charge in [0.2, 0.25) is 5.91 Å². The first-order chi connectivity index (χ1) is 9.93. The molecule has 0 aliphatic rings. The smallest absolute Gasteiger partial charge is 0.236 e. The van der Waals surface area contributed by atoms with Crippen LogP contribution in [-0.4, -0.2) is 57.0 Å². The summed E-state index contributed by atoms with van der Waals surface area (Å²) < 4.78 is 0. The zero-order chi connectivity index (χ0) is 15.8. The summed E-state index contributed by atoms with van der Waals surface area (Å²) in [7, 11) is 7.93. The molecule has 4 heteroatoms. The van der Waals surface area contributed by atoms with Gasteiger partial charge in [0.15, 0.2) is 0 Å². The van der Waals surface area contributed by atoms with Gasteiger partial charge in [-0.15, -0.1) is 0 Å². The normalized spacial score (nSPS) is 10.8. The number of carbonyl (C=O) groups is 1. The second-order valence-electron chi connectivity index (χ2n) is 5.90. The zero-order valence-corrected chi connectivity index (χ0v) is 14.1. The highest BCUT2D eigenvalue weighted by Crippen LogP contribution is 2.13. The molecule has 0 N–H and O–H groups in total. The van der Waals surface area contributed by atoms with E-state index in [0.717, 1.165) is 24.9 Å². The Bertz CT molecular complexity index is 428. The largest absolute Gasteiger partial charge is 0.378 e. The predicted octanol–water partition coefficient (Wildman–Crippen LogP) is 2.44. The van der Waals surface area contributed by atoms with Gasteiger partial charge >= 0.3 is 0 Å². The first-order valence-electron chi connectivity index (χ1n) is 7.62. The number of amides is 1. The average Bonchev–Trinajstić information content (AvgIpc) is 2.45. The van der Waals surface area contributed by atoms with Crippen LogP contribution < -0.4 is 4.90 Å². The van der Waals surface area contributed by atoms with Crippen LogP contribution in [0, 0.1) is 0 Å². The summed E-state index contributed by atoms with van der Waals surface area (Å²) >= 11 is 0. The number of hydrogen-bond donors (Lipinski definition) is 0. The Balaban J connectivity index is 2.48. The molecule has 0 saturated carbocycles. The molecule has 0 aliphatic carbocycles. The molecule has 21 heavy (non-hydrogen) atoms. The number of nitrogens with zero attached hydrogens (tertiary/aromatic N) is 3. The first kappa shape index (κ1) is 17.5. The van der Waals surface area contributed by atoms with E-state index in [4.69, 9.17) is 0 Å². The Labute approximate surface area is 129 Å². The maximum Gasteiger partial charge on any atom is 0.236 e. The fourth-order valence-corrected chi connectivity index (χ4v) is 2.12. The van der Waals surface area contributed by atoms with Crippen LogP contribution in [0.4, 0.5) is 5.69 Å². The van der Waals surface area contributed by atoms with Gasteiger partial charge in [-0.2, -0.15) is 0 Å². The molecular formula is C17H29N3O. The van der Waals surface area contributed by atoms with Gasteiger partial charge in [-0.05, 0) is 37.7 Å². The predicted molar refractivity (Wildman–Crippen MR) is 89.6 cm³/mol. The number of likely N-dealkylation sites (N-methyl/N-ethyl adjacent to an activating group) is 2. The minimum Gasteiger partial charge on any atom is -0.378 e. The van der Waals surface area contributed by atoms with E-state index in [1.54, 1.807) is 4.90 Å². The van der Waals surface area contributed by atoms with Crippen molar-refractivity contribution in [2.75, 3.05) is 46.2 Å². The molecule has 118 valence electrons. The summed E-state index contributed by atoms with van der Waals surface area (Å²) in [6.07, 6.45) is 2.30. The number of hydrogen-bond acceptors (Lipinski definition) is 3. The molecule has 0 aromatic heterocycles. The van der Waals surface area contributed by atoms with Crippen molar-refractivity contribution in [2.24, 2.45) is 0 Å². The SMILES string of the molecule is CCCCN(C)CC(=O)N(C)Cc1ccc(N(C)C)cc1. The van der Waals surface area contributed by atoms with Gasteiger partial charge in [0, 0.05) is 33.4 Å². The molecule has 1 aromatic rings. The van der Waals surface area contributed by atoms with E-state index in [1.165, 1.54) is 5.69 Å². The van der Waals surface area contributed by atoms with Crippen molar-refractivity contribution in [1.29, 1.82) is 0 Å². The number of benzene rings is 1. The van der Waals surface area contributed by atoms with Gasteiger partial charge in [0.05, 0.1) is 6.54 Å². The third kappa shape index (κ3) is 6.17. The van der Waals surface area contributed by atoms with E-state index >= 15 is 0 Å². The van der Waals surface area contributed by atoms with Crippen LogP contribution in [0.25, 0.3) is 0 Å². The molecule has 0 heterocycles. The molecule has 0 unspecified atom stereocenters. The number of rotatable bonds is 8. The van der Waals surface area contributed by atoms with Gasteiger partial charge in [0.1, 0.15) is 0 Å². The third-order valence-electron chi connectivity index (χ3n) is 3.60. The van der Waals surface area contributed by atoms with E-state index in [9.17, 15) is 4.79 Å². The summed E-state index contributed by atoms with van der Waals surface area (Å²) in [5.74, 6) is 0.172. The fourth-order valence-electron chi connectivity index (χ4n) is 2.12. The van der Waals surface area contributed by atoms with Crippen molar-refractivity contribution in [3.8, 4) is 0 Å². The van der Waals surface area contributed by atoms with Crippen LogP contribution in [0.3, 0.4) is 0 Å². The molecule has 1 aromatic carbocycles. The van der Waals surface area contributed by atoms with Crippen molar-refractivity contribution in [2.45, 2.75) is 26.3 Å². The zero-order valence-electron chi connectivity index (χ0n) is 14.1. The molecule has 0 saturated heterocycles. The molecule has 0 aliphatic heterocycles. The molecule has 0 radical (unpaired) electrons. The Kier molecular flexibility index (Phi) is 7.23. The Morgan fingerprint density at radius 3 is 2.19 bits per heavy atom. The van der Waals surface area contributed by atoms with Crippen LogP contribution >= 0.6 is 0 Å². The topological polar surface area (TPSA) is 26.8 Å². The minimum atomic E-state index is 0.172. The van der Waals surface area contributed by atoms with Gasteiger partial charge in [-0.1, -0.05) is 25.5 Å². The van der Waals surface area contributed by atoms with E-state index in [-0.39, 0.29) is 5.91 Å². The second kappa shape index (κ2) is 8.67. The van der Waals surface area contributed by atoms with Crippen molar-refractivity contribution < 1.29 is 4.79 Å². The van der Waals surface area contributed by atoms with Crippen LogP contribution in [0.1, 0.15) is 25.3 Å². The maximum atomic E-state index is 12.2. The highest BCUT2D eigenvalue weighted by molar-refractivity contribution is 5.77. The Morgan fingerprint density at radius 2 is 1.67 bits per heavy atom. The highest BCUT2D eigenvalue weighted by atomic mass is 16.2.